The first-order valence-electron chi connectivity index (χ1n) is 8.77. The zero-order valence-corrected chi connectivity index (χ0v) is 14.9. The Bertz CT molecular complexity index is 948. The minimum Gasteiger partial charge on any atom is -0.471 e. The second-order valence-corrected chi connectivity index (χ2v) is 6.64. The number of rotatable bonds is 4. The van der Waals surface area contributed by atoms with Gasteiger partial charge in [0.2, 0.25) is 0 Å². The summed E-state index contributed by atoms with van der Waals surface area (Å²) in [6.07, 6.45) is 2.65. The van der Waals surface area contributed by atoms with Gasteiger partial charge in [-0.05, 0) is 49.6 Å². The van der Waals surface area contributed by atoms with E-state index in [1.165, 1.54) is 5.56 Å². The third-order valence-corrected chi connectivity index (χ3v) is 4.73. The molecule has 1 aromatic heterocycles. The van der Waals surface area contributed by atoms with Gasteiger partial charge in [-0.1, -0.05) is 36.4 Å². The first-order valence-corrected chi connectivity index (χ1v) is 8.77. The molecule has 5 heteroatoms. The highest BCUT2D eigenvalue weighted by Gasteiger charge is 2.32. The Morgan fingerprint density at radius 2 is 1.92 bits per heavy atom. The van der Waals surface area contributed by atoms with Crippen LogP contribution in [-0.4, -0.2) is 21.7 Å². The van der Waals surface area contributed by atoms with Crippen LogP contribution in [0.1, 0.15) is 28.5 Å². The van der Waals surface area contributed by atoms with Gasteiger partial charge in [-0.3, -0.25) is 4.79 Å². The van der Waals surface area contributed by atoms with Crippen molar-refractivity contribution in [2.45, 2.75) is 33.0 Å². The lowest BCUT2D eigenvalue weighted by molar-refractivity contribution is 0.0974. The number of aromatic nitrogens is 2. The number of carbonyl (C=O) groups excluding carboxylic acids is 1. The van der Waals surface area contributed by atoms with E-state index in [-0.39, 0.29) is 18.7 Å². The van der Waals surface area contributed by atoms with Crippen molar-refractivity contribution in [1.82, 2.24) is 9.78 Å². The van der Waals surface area contributed by atoms with Gasteiger partial charge >= 0.3 is 0 Å². The highest BCUT2D eigenvalue weighted by molar-refractivity contribution is 6.06. The molecule has 4 rings (SSSR count). The molecule has 2 aromatic carbocycles. The highest BCUT2D eigenvalue weighted by Crippen LogP contribution is 2.32. The number of amides is 1. The molecule has 1 aliphatic heterocycles. The van der Waals surface area contributed by atoms with Gasteiger partial charge in [-0.2, -0.15) is 5.10 Å². The normalized spacial score (nSPS) is 15.8. The molecule has 5 nitrogen and oxygen atoms in total. The van der Waals surface area contributed by atoms with E-state index in [9.17, 15) is 4.79 Å². The smallest absolute Gasteiger partial charge is 0.279 e. The minimum absolute atomic E-state index is 0.0721. The fraction of sp³-hybridized carbons (Fsp3) is 0.238. The molecule has 3 aromatic rings. The van der Waals surface area contributed by atoms with E-state index in [0.29, 0.717) is 5.69 Å². The van der Waals surface area contributed by atoms with Gasteiger partial charge in [0, 0.05) is 17.9 Å². The molecule has 26 heavy (non-hydrogen) atoms. The van der Waals surface area contributed by atoms with E-state index in [4.69, 9.17) is 4.74 Å². The summed E-state index contributed by atoms with van der Waals surface area (Å²) >= 11 is 0. The van der Waals surface area contributed by atoms with E-state index in [2.05, 4.69) is 18.1 Å². The van der Waals surface area contributed by atoms with E-state index in [1.54, 1.807) is 16.9 Å². The monoisotopic (exact) mass is 347 g/mol. The number of nitrogens with zero attached hydrogens (tertiary/aromatic N) is 3. The van der Waals surface area contributed by atoms with Crippen LogP contribution in [0.5, 0.6) is 5.75 Å². The average Bonchev–Trinajstić information content (AvgIpc) is 3.24. The molecule has 132 valence electrons. The molecule has 1 amide bonds. The molecule has 0 radical (unpaired) electrons. The molecule has 0 fully saturated rings. The summed E-state index contributed by atoms with van der Waals surface area (Å²) in [5, 5.41) is 4.41. The van der Waals surface area contributed by atoms with Gasteiger partial charge in [0.25, 0.3) is 5.91 Å². The Labute approximate surface area is 152 Å². The van der Waals surface area contributed by atoms with E-state index >= 15 is 0 Å². The molecular formula is C21H21N3O2. The second-order valence-electron chi connectivity index (χ2n) is 6.64. The van der Waals surface area contributed by atoms with Gasteiger partial charge < -0.3 is 9.64 Å². The average molecular weight is 347 g/mol. The summed E-state index contributed by atoms with van der Waals surface area (Å²) in [5.41, 5.74) is 3.69. The number of anilines is 1. The molecule has 0 saturated heterocycles. The van der Waals surface area contributed by atoms with Crippen molar-refractivity contribution in [3.8, 4) is 5.75 Å². The summed E-state index contributed by atoms with van der Waals surface area (Å²) < 4.78 is 7.44. The third kappa shape index (κ3) is 2.96. The van der Waals surface area contributed by atoms with Gasteiger partial charge in [-0.15, -0.1) is 0 Å². The van der Waals surface area contributed by atoms with Gasteiger partial charge in [0.05, 0.1) is 0 Å². The van der Waals surface area contributed by atoms with Crippen LogP contribution in [0.15, 0.2) is 60.8 Å². The topological polar surface area (TPSA) is 47.4 Å². The largest absolute Gasteiger partial charge is 0.471 e. The van der Waals surface area contributed by atoms with Crippen LogP contribution in [0.25, 0.3) is 0 Å². The number of fused-ring (bicyclic) bond motifs is 1. The maximum absolute atomic E-state index is 13.0. The summed E-state index contributed by atoms with van der Waals surface area (Å²) in [7, 11) is 0. The van der Waals surface area contributed by atoms with E-state index in [1.807, 2.05) is 54.3 Å². The molecule has 0 spiro atoms. The fourth-order valence-electron chi connectivity index (χ4n) is 3.40. The number of ether oxygens (including phenoxy) is 1. The van der Waals surface area contributed by atoms with Crippen LogP contribution in [0.2, 0.25) is 0 Å². The SMILES string of the molecule is Cc1ccccc1OCn1ccc(C(=O)N2c3ccccc3CC2C)n1. The van der Waals surface area contributed by atoms with Crippen molar-refractivity contribution in [3.63, 3.8) is 0 Å². The van der Waals surface area contributed by atoms with Crippen molar-refractivity contribution in [1.29, 1.82) is 0 Å². The maximum atomic E-state index is 13.0. The Hall–Kier alpha value is -3.08. The van der Waals surface area contributed by atoms with Gasteiger partial charge in [-0.25, -0.2) is 4.68 Å². The van der Waals surface area contributed by atoms with Crippen molar-refractivity contribution in [2.24, 2.45) is 0 Å². The Morgan fingerprint density at radius 3 is 2.77 bits per heavy atom. The quantitative estimate of drug-likeness (QED) is 0.721. The Kier molecular flexibility index (Phi) is 4.21. The van der Waals surface area contributed by atoms with Crippen LogP contribution >= 0.6 is 0 Å². The van der Waals surface area contributed by atoms with E-state index in [0.717, 1.165) is 23.4 Å². The van der Waals surface area contributed by atoms with Gasteiger partial charge in [0.15, 0.2) is 12.4 Å². The molecule has 0 saturated carbocycles. The molecule has 1 unspecified atom stereocenters. The number of hydrogen-bond acceptors (Lipinski definition) is 3. The predicted octanol–water partition coefficient (Wildman–Crippen LogP) is 3.82. The van der Waals surface area contributed by atoms with Crippen LogP contribution in [0.4, 0.5) is 5.69 Å². The number of para-hydroxylation sites is 2. The molecule has 0 aliphatic carbocycles. The highest BCUT2D eigenvalue weighted by atomic mass is 16.5. The van der Waals surface area contributed by atoms with Crippen LogP contribution in [-0.2, 0) is 13.2 Å². The molecule has 1 aliphatic rings. The summed E-state index contributed by atoms with van der Waals surface area (Å²) in [6.45, 7) is 4.33. The van der Waals surface area contributed by atoms with Crippen LogP contribution in [0.3, 0.4) is 0 Å². The zero-order valence-electron chi connectivity index (χ0n) is 14.9. The molecule has 0 bridgehead atoms. The van der Waals surface area contributed by atoms with Crippen molar-refractivity contribution < 1.29 is 9.53 Å². The number of carbonyl (C=O) groups is 1. The Balaban J connectivity index is 1.49. The zero-order chi connectivity index (χ0) is 18.1. The first kappa shape index (κ1) is 16.4. The molecule has 1 atom stereocenters. The predicted molar refractivity (Wildman–Crippen MR) is 100 cm³/mol. The van der Waals surface area contributed by atoms with E-state index < -0.39 is 0 Å². The standard InChI is InChI=1S/C21H21N3O2/c1-15-7-3-6-10-20(15)26-14-23-12-11-18(22-23)21(25)24-16(2)13-17-8-4-5-9-19(17)24/h3-12,16H,13-14H2,1-2H3. The molecule has 2 heterocycles. The van der Waals surface area contributed by atoms with Crippen molar-refractivity contribution >= 4 is 11.6 Å². The number of hydrogen-bond donors (Lipinski definition) is 0. The van der Waals surface area contributed by atoms with Crippen LogP contribution < -0.4 is 9.64 Å². The minimum atomic E-state index is -0.0721. The van der Waals surface area contributed by atoms with Crippen molar-refractivity contribution in [2.75, 3.05) is 4.90 Å². The lowest BCUT2D eigenvalue weighted by atomic mass is 10.1. The van der Waals surface area contributed by atoms with Gasteiger partial charge in [0.1, 0.15) is 5.75 Å². The maximum Gasteiger partial charge on any atom is 0.279 e. The fourth-order valence-corrected chi connectivity index (χ4v) is 3.40. The summed E-state index contributed by atoms with van der Waals surface area (Å²) in [5.74, 6) is 0.745. The number of aryl methyl sites for hydroxylation is 1. The third-order valence-electron chi connectivity index (χ3n) is 4.73. The summed E-state index contributed by atoms with van der Waals surface area (Å²) in [6, 6.07) is 17.8. The molecule has 0 N–H and O–H groups in total. The lowest BCUT2D eigenvalue weighted by Crippen LogP contribution is -2.36. The first-order chi connectivity index (χ1) is 12.6. The second kappa shape index (κ2) is 6.67. The Morgan fingerprint density at radius 1 is 1.15 bits per heavy atom. The van der Waals surface area contributed by atoms with Crippen molar-refractivity contribution in [3.05, 3.63) is 77.6 Å². The summed E-state index contributed by atoms with van der Waals surface area (Å²) in [4.78, 5) is 14.8. The van der Waals surface area contributed by atoms with Crippen LogP contribution in [0, 0.1) is 6.92 Å². The lowest BCUT2D eigenvalue weighted by Gasteiger charge is -2.21. The number of benzene rings is 2. The molecular weight excluding hydrogens is 326 g/mol.